The molecule has 2 unspecified atom stereocenters. The van der Waals surface area contributed by atoms with Gasteiger partial charge in [-0.15, -0.1) is 0 Å². The van der Waals surface area contributed by atoms with Crippen molar-refractivity contribution in [3.63, 3.8) is 0 Å². The van der Waals surface area contributed by atoms with Gasteiger partial charge in [-0.25, -0.2) is 0 Å². The van der Waals surface area contributed by atoms with Crippen LogP contribution in [0.25, 0.3) is 0 Å². The average Bonchev–Trinajstić information content (AvgIpc) is 2.37. The Labute approximate surface area is 116 Å². The zero-order valence-electron chi connectivity index (χ0n) is 12.1. The van der Waals surface area contributed by atoms with Gasteiger partial charge in [0.25, 0.3) is 0 Å². The molecule has 2 N–H and O–H groups in total. The molecule has 0 aromatic heterocycles. The fourth-order valence-electron chi connectivity index (χ4n) is 3.32. The van der Waals surface area contributed by atoms with Crippen LogP contribution in [0.2, 0.25) is 0 Å². The van der Waals surface area contributed by atoms with Gasteiger partial charge in [-0.2, -0.15) is 0 Å². The molecule has 2 aliphatic rings. The first-order valence-corrected chi connectivity index (χ1v) is 7.85. The lowest BCUT2D eigenvalue weighted by Crippen LogP contribution is -2.52. The Balaban J connectivity index is 1.92. The number of nitrogens with zero attached hydrogens (tertiary/aromatic N) is 1. The number of hydrogen-bond acceptors (Lipinski definition) is 3. The second kappa shape index (κ2) is 7.25. The summed E-state index contributed by atoms with van der Waals surface area (Å²) in [5.41, 5.74) is 5.69. The highest BCUT2D eigenvalue weighted by atomic mass is 16.5. The molecule has 1 heterocycles. The molecule has 2 fully saturated rings. The minimum Gasteiger partial charge on any atom is -0.370 e. The van der Waals surface area contributed by atoms with Crippen molar-refractivity contribution >= 4 is 5.91 Å². The molecule has 0 spiro atoms. The van der Waals surface area contributed by atoms with Crippen LogP contribution in [0.15, 0.2) is 0 Å². The summed E-state index contributed by atoms with van der Waals surface area (Å²) in [6, 6.07) is 0. The monoisotopic (exact) mass is 268 g/mol. The Kier molecular flexibility index (Phi) is 5.64. The summed E-state index contributed by atoms with van der Waals surface area (Å²) < 4.78 is 5.73. The van der Waals surface area contributed by atoms with E-state index in [-0.39, 0.29) is 18.1 Å². The molecule has 2 rings (SSSR count). The molecule has 0 bridgehead atoms. The van der Waals surface area contributed by atoms with E-state index in [1.807, 2.05) is 11.8 Å². The first kappa shape index (κ1) is 14.8. The molecule has 2 atom stereocenters. The van der Waals surface area contributed by atoms with Crippen molar-refractivity contribution in [3.8, 4) is 0 Å². The van der Waals surface area contributed by atoms with Gasteiger partial charge in [0.05, 0.1) is 12.2 Å². The van der Waals surface area contributed by atoms with Gasteiger partial charge in [0.2, 0.25) is 5.91 Å². The van der Waals surface area contributed by atoms with Crippen LogP contribution in [-0.2, 0) is 9.53 Å². The molecular weight excluding hydrogens is 240 g/mol. The van der Waals surface area contributed by atoms with Crippen LogP contribution in [0.5, 0.6) is 0 Å². The number of carbonyl (C=O) groups is 1. The Bertz CT molecular complexity index is 288. The largest absolute Gasteiger partial charge is 0.370 e. The first-order chi connectivity index (χ1) is 9.20. The van der Waals surface area contributed by atoms with Crippen LogP contribution in [0.1, 0.15) is 51.9 Å². The molecule has 0 aromatic rings. The topological polar surface area (TPSA) is 55.6 Å². The van der Waals surface area contributed by atoms with Crippen LogP contribution >= 0.6 is 0 Å². The number of nitrogens with two attached hydrogens (primary N) is 1. The maximum absolute atomic E-state index is 12.7. The molecule has 0 aromatic carbocycles. The van der Waals surface area contributed by atoms with Gasteiger partial charge in [0.1, 0.15) is 0 Å². The van der Waals surface area contributed by atoms with E-state index in [0.29, 0.717) is 19.0 Å². The van der Waals surface area contributed by atoms with Crippen LogP contribution < -0.4 is 5.73 Å². The third-order valence-electron chi connectivity index (χ3n) is 4.36. The van der Waals surface area contributed by atoms with E-state index in [2.05, 4.69) is 0 Å². The zero-order valence-corrected chi connectivity index (χ0v) is 12.1. The highest BCUT2D eigenvalue weighted by molar-refractivity contribution is 5.79. The fraction of sp³-hybridized carbons (Fsp3) is 0.933. The van der Waals surface area contributed by atoms with Crippen molar-refractivity contribution < 1.29 is 9.53 Å². The zero-order chi connectivity index (χ0) is 13.7. The standard InChI is InChI=1S/C15H28N2O2/c1-12-10-17(11-14(9-16)19-12)15(18)13-7-5-3-2-4-6-8-13/h12-14H,2-11,16H2,1H3. The highest BCUT2D eigenvalue weighted by Gasteiger charge is 2.31. The quantitative estimate of drug-likeness (QED) is 0.832. The van der Waals surface area contributed by atoms with E-state index in [1.165, 1.54) is 32.1 Å². The third kappa shape index (κ3) is 4.18. The van der Waals surface area contributed by atoms with Crippen molar-refractivity contribution in [2.24, 2.45) is 11.7 Å². The normalized spacial score (nSPS) is 30.7. The average molecular weight is 268 g/mol. The Morgan fingerprint density at radius 3 is 2.42 bits per heavy atom. The van der Waals surface area contributed by atoms with E-state index < -0.39 is 0 Å². The van der Waals surface area contributed by atoms with E-state index in [0.717, 1.165) is 19.4 Å². The summed E-state index contributed by atoms with van der Waals surface area (Å²) in [6.45, 7) is 3.93. The van der Waals surface area contributed by atoms with Gasteiger partial charge >= 0.3 is 0 Å². The van der Waals surface area contributed by atoms with Crippen molar-refractivity contribution in [2.45, 2.75) is 64.1 Å². The van der Waals surface area contributed by atoms with Crippen molar-refractivity contribution in [3.05, 3.63) is 0 Å². The van der Waals surface area contributed by atoms with E-state index in [9.17, 15) is 4.79 Å². The maximum atomic E-state index is 12.7. The number of amides is 1. The lowest BCUT2D eigenvalue weighted by Gasteiger charge is -2.38. The van der Waals surface area contributed by atoms with Gasteiger partial charge in [-0.1, -0.05) is 32.1 Å². The molecule has 1 aliphatic carbocycles. The van der Waals surface area contributed by atoms with Crippen molar-refractivity contribution in [1.29, 1.82) is 0 Å². The number of rotatable bonds is 2. The number of hydrogen-bond donors (Lipinski definition) is 1. The minimum atomic E-state index is 0.0151. The summed E-state index contributed by atoms with van der Waals surface area (Å²) in [5, 5.41) is 0. The second-order valence-electron chi connectivity index (χ2n) is 6.09. The lowest BCUT2D eigenvalue weighted by atomic mass is 9.90. The van der Waals surface area contributed by atoms with Gasteiger partial charge in [0.15, 0.2) is 0 Å². The highest BCUT2D eigenvalue weighted by Crippen LogP contribution is 2.25. The third-order valence-corrected chi connectivity index (χ3v) is 4.36. The van der Waals surface area contributed by atoms with Crippen LogP contribution in [-0.4, -0.2) is 42.6 Å². The molecule has 1 aliphatic heterocycles. The molecule has 1 amide bonds. The number of ether oxygens (including phenoxy) is 1. The van der Waals surface area contributed by atoms with Crippen molar-refractivity contribution in [2.75, 3.05) is 19.6 Å². The van der Waals surface area contributed by atoms with E-state index in [4.69, 9.17) is 10.5 Å². The molecule has 1 saturated heterocycles. The smallest absolute Gasteiger partial charge is 0.225 e. The predicted octanol–water partition coefficient (Wildman–Crippen LogP) is 1.92. The summed E-state index contributed by atoms with van der Waals surface area (Å²) in [6.07, 6.45) is 8.58. The molecule has 4 heteroatoms. The van der Waals surface area contributed by atoms with Gasteiger partial charge < -0.3 is 15.4 Å². The van der Waals surface area contributed by atoms with Gasteiger partial charge in [-0.05, 0) is 19.8 Å². The Morgan fingerprint density at radius 1 is 1.16 bits per heavy atom. The molecule has 4 nitrogen and oxygen atoms in total. The number of carbonyl (C=O) groups excluding carboxylic acids is 1. The predicted molar refractivity (Wildman–Crippen MR) is 75.8 cm³/mol. The molecule has 0 radical (unpaired) electrons. The molecule has 1 saturated carbocycles. The Morgan fingerprint density at radius 2 is 1.79 bits per heavy atom. The fourth-order valence-corrected chi connectivity index (χ4v) is 3.32. The molecular formula is C15H28N2O2. The van der Waals surface area contributed by atoms with Gasteiger partial charge in [0, 0.05) is 25.6 Å². The summed E-state index contributed by atoms with van der Waals surface area (Å²) in [5.74, 6) is 0.583. The van der Waals surface area contributed by atoms with E-state index >= 15 is 0 Å². The summed E-state index contributed by atoms with van der Waals surface area (Å²) in [4.78, 5) is 14.7. The minimum absolute atomic E-state index is 0.0151. The van der Waals surface area contributed by atoms with Crippen molar-refractivity contribution in [1.82, 2.24) is 4.90 Å². The lowest BCUT2D eigenvalue weighted by molar-refractivity contribution is -0.148. The summed E-state index contributed by atoms with van der Waals surface area (Å²) in [7, 11) is 0. The molecule has 110 valence electrons. The second-order valence-corrected chi connectivity index (χ2v) is 6.09. The molecule has 19 heavy (non-hydrogen) atoms. The van der Waals surface area contributed by atoms with Crippen LogP contribution in [0.3, 0.4) is 0 Å². The maximum Gasteiger partial charge on any atom is 0.225 e. The Hall–Kier alpha value is -0.610. The SMILES string of the molecule is CC1CN(C(=O)C2CCCCCCC2)CC(CN)O1. The summed E-state index contributed by atoms with van der Waals surface area (Å²) >= 11 is 0. The van der Waals surface area contributed by atoms with E-state index in [1.54, 1.807) is 0 Å². The first-order valence-electron chi connectivity index (χ1n) is 7.85. The number of morpholine rings is 1. The van der Waals surface area contributed by atoms with Crippen LogP contribution in [0, 0.1) is 5.92 Å². The van der Waals surface area contributed by atoms with Gasteiger partial charge in [-0.3, -0.25) is 4.79 Å². The van der Waals surface area contributed by atoms with Crippen LogP contribution in [0.4, 0.5) is 0 Å².